The van der Waals surface area contributed by atoms with Gasteiger partial charge in [0, 0.05) is 18.1 Å². The molecule has 1 aliphatic carbocycles. The maximum Gasteiger partial charge on any atom is 0.241 e. The molecule has 2 aliphatic rings. The van der Waals surface area contributed by atoms with Gasteiger partial charge >= 0.3 is 0 Å². The van der Waals surface area contributed by atoms with E-state index >= 15 is 0 Å². The average molecular weight is 249 g/mol. The molecule has 2 rings (SSSR count). The van der Waals surface area contributed by atoms with Crippen LogP contribution in [0.2, 0.25) is 0 Å². The number of hydrogen-bond donors (Lipinski definition) is 0. The van der Waals surface area contributed by atoms with Crippen LogP contribution in [-0.4, -0.2) is 46.9 Å². The maximum absolute atomic E-state index is 12.5. The first kappa shape index (κ1) is 13.4. The summed E-state index contributed by atoms with van der Waals surface area (Å²) in [5.74, 6) is 0.158. The van der Waals surface area contributed by atoms with Gasteiger partial charge < -0.3 is 4.90 Å². The fourth-order valence-corrected chi connectivity index (χ4v) is 3.22. The Labute approximate surface area is 110 Å². The highest BCUT2D eigenvalue weighted by Crippen LogP contribution is 2.32. The number of nitriles is 1. The summed E-state index contributed by atoms with van der Waals surface area (Å²) >= 11 is 0. The Bertz CT molecular complexity index is 366. The van der Waals surface area contributed by atoms with E-state index < -0.39 is 0 Å². The van der Waals surface area contributed by atoms with E-state index in [1.165, 1.54) is 12.8 Å². The average Bonchev–Trinajstić information content (AvgIpc) is 2.83. The van der Waals surface area contributed by atoms with E-state index in [1.54, 1.807) is 0 Å². The molecule has 0 aromatic heterocycles. The number of carbonyl (C=O) groups excluding carboxylic acids is 1. The number of amides is 1. The van der Waals surface area contributed by atoms with Crippen LogP contribution in [0.3, 0.4) is 0 Å². The molecule has 2 fully saturated rings. The van der Waals surface area contributed by atoms with E-state index in [1.807, 2.05) is 7.05 Å². The second-order valence-corrected chi connectivity index (χ2v) is 6.21. The Morgan fingerprint density at radius 3 is 2.56 bits per heavy atom. The molecule has 0 aromatic rings. The Kier molecular flexibility index (Phi) is 3.63. The predicted molar refractivity (Wildman–Crippen MR) is 69.8 cm³/mol. The molecule has 1 heterocycles. The van der Waals surface area contributed by atoms with Crippen LogP contribution in [0.4, 0.5) is 0 Å². The molecule has 4 nitrogen and oxygen atoms in total. The third-order valence-corrected chi connectivity index (χ3v) is 4.60. The Hall–Kier alpha value is -1.08. The summed E-state index contributed by atoms with van der Waals surface area (Å²) in [4.78, 5) is 16.7. The van der Waals surface area contributed by atoms with Gasteiger partial charge in [-0.1, -0.05) is 12.8 Å². The lowest BCUT2D eigenvalue weighted by Crippen LogP contribution is -2.66. The SMILES string of the molecule is CN1C(CC#N)C(=O)N(C2CCCC2)CC1(C)C. The van der Waals surface area contributed by atoms with Crippen molar-refractivity contribution in [3.63, 3.8) is 0 Å². The minimum absolute atomic E-state index is 0.0436. The number of carbonyl (C=O) groups is 1. The minimum Gasteiger partial charge on any atom is -0.336 e. The van der Waals surface area contributed by atoms with Crippen molar-refractivity contribution in [2.75, 3.05) is 13.6 Å². The Morgan fingerprint density at radius 2 is 2.00 bits per heavy atom. The number of rotatable bonds is 2. The van der Waals surface area contributed by atoms with E-state index in [4.69, 9.17) is 5.26 Å². The molecule has 1 atom stereocenters. The molecule has 1 saturated heterocycles. The van der Waals surface area contributed by atoms with Crippen LogP contribution in [0.5, 0.6) is 0 Å². The van der Waals surface area contributed by atoms with Crippen LogP contribution >= 0.6 is 0 Å². The molecule has 1 saturated carbocycles. The van der Waals surface area contributed by atoms with Crippen molar-refractivity contribution in [1.82, 2.24) is 9.80 Å². The van der Waals surface area contributed by atoms with Gasteiger partial charge in [0.2, 0.25) is 5.91 Å². The van der Waals surface area contributed by atoms with Gasteiger partial charge in [-0.05, 0) is 33.7 Å². The van der Waals surface area contributed by atoms with Crippen molar-refractivity contribution < 1.29 is 4.79 Å². The monoisotopic (exact) mass is 249 g/mol. The van der Waals surface area contributed by atoms with Crippen LogP contribution in [-0.2, 0) is 4.79 Å². The van der Waals surface area contributed by atoms with Gasteiger partial charge in [-0.25, -0.2) is 0 Å². The van der Waals surface area contributed by atoms with E-state index in [0.717, 1.165) is 19.4 Å². The fourth-order valence-electron chi connectivity index (χ4n) is 3.22. The molecular weight excluding hydrogens is 226 g/mol. The van der Waals surface area contributed by atoms with Gasteiger partial charge in [0.25, 0.3) is 0 Å². The summed E-state index contributed by atoms with van der Waals surface area (Å²) in [6, 6.07) is 2.30. The van der Waals surface area contributed by atoms with Crippen molar-refractivity contribution in [2.24, 2.45) is 0 Å². The zero-order chi connectivity index (χ0) is 13.3. The van der Waals surface area contributed by atoms with Crippen LogP contribution in [0.1, 0.15) is 46.0 Å². The van der Waals surface area contributed by atoms with Crippen LogP contribution in [0.15, 0.2) is 0 Å². The highest BCUT2D eigenvalue weighted by atomic mass is 16.2. The van der Waals surface area contributed by atoms with E-state index in [9.17, 15) is 4.79 Å². The molecule has 4 heteroatoms. The molecule has 0 N–H and O–H groups in total. The standard InChI is InChI=1S/C14H23N3O/c1-14(2)10-17(11-6-4-5-7-11)13(18)12(8-9-15)16(14)3/h11-12H,4-8,10H2,1-3H3. The quantitative estimate of drug-likeness (QED) is 0.749. The summed E-state index contributed by atoms with van der Waals surface area (Å²) in [6.45, 7) is 5.10. The second-order valence-electron chi connectivity index (χ2n) is 6.21. The molecule has 1 amide bonds. The highest BCUT2D eigenvalue weighted by molar-refractivity contribution is 5.83. The molecule has 0 radical (unpaired) electrons. The highest BCUT2D eigenvalue weighted by Gasteiger charge is 2.45. The predicted octanol–water partition coefficient (Wildman–Crippen LogP) is 1.76. The van der Waals surface area contributed by atoms with E-state index in [-0.39, 0.29) is 17.5 Å². The number of hydrogen-bond acceptors (Lipinski definition) is 3. The molecule has 18 heavy (non-hydrogen) atoms. The van der Waals surface area contributed by atoms with Crippen molar-refractivity contribution in [3.05, 3.63) is 0 Å². The first-order valence-corrected chi connectivity index (χ1v) is 6.88. The van der Waals surface area contributed by atoms with Gasteiger partial charge in [-0.3, -0.25) is 9.69 Å². The summed E-state index contributed by atoms with van der Waals surface area (Å²) in [7, 11) is 1.96. The van der Waals surface area contributed by atoms with E-state index in [0.29, 0.717) is 12.5 Å². The van der Waals surface area contributed by atoms with Crippen molar-refractivity contribution in [3.8, 4) is 6.07 Å². The summed E-state index contributed by atoms with van der Waals surface area (Å²) in [6.07, 6.45) is 5.01. The third-order valence-electron chi connectivity index (χ3n) is 4.60. The Morgan fingerprint density at radius 1 is 1.39 bits per heavy atom. The molecule has 0 spiro atoms. The smallest absolute Gasteiger partial charge is 0.241 e. The first-order chi connectivity index (χ1) is 8.47. The van der Waals surface area contributed by atoms with Crippen LogP contribution in [0, 0.1) is 11.3 Å². The second kappa shape index (κ2) is 4.89. The molecule has 0 bridgehead atoms. The number of nitrogens with zero attached hydrogens (tertiary/aromatic N) is 3. The molecule has 1 unspecified atom stereocenters. The molecule has 100 valence electrons. The van der Waals surface area contributed by atoms with E-state index in [2.05, 4.69) is 29.7 Å². The maximum atomic E-state index is 12.5. The van der Waals surface area contributed by atoms with Crippen molar-refractivity contribution in [2.45, 2.75) is 63.6 Å². The summed E-state index contributed by atoms with van der Waals surface area (Å²) in [5, 5.41) is 8.93. The van der Waals surface area contributed by atoms with Gasteiger partial charge in [-0.2, -0.15) is 5.26 Å². The molecular formula is C14H23N3O. The third kappa shape index (κ3) is 2.24. The van der Waals surface area contributed by atoms with Crippen molar-refractivity contribution >= 4 is 5.91 Å². The lowest BCUT2D eigenvalue weighted by Gasteiger charge is -2.50. The normalized spacial score (nSPS) is 29.6. The Balaban J connectivity index is 2.21. The first-order valence-electron chi connectivity index (χ1n) is 6.88. The van der Waals surface area contributed by atoms with Crippen molar-refractivity contribution in [1.29, 1.82) is 5.26 Å². The largest absolute Gasteiger partial charge is 0.336 e. The lowest BCUT2D eigenvalue weighted by atomic mass is 9.92. The molecule has 1 aliphatic heterocycles. The van der Waals surface area contributed by atoms with Gasteiger partial charge in [0.1, 0.15) is 6.04 Å². The van der Waals surface area contributed by atoms with Crippen LogP contribution in [0.25, 0.3) is 0 Å². The fraction of sp³-hybridized carbons (Fsp3) is 0.857. The zero-order valence-corrected chi connectivity index (χ0v) is 11.6. The summed E-state index contributed by atoms with van der Waals surface area (Å²) in [5.41, 5.74) is -0.0436. The topological polar surface area (TPSA) is 47.3 Å². The van der Waals surface area contributed by atoms with Gasteiger partial charge in [-0.15, -0.1) is 0 Å². The van der Waals surface area contributed by atoms with Crippen LogP contribution < -0.4 is 0 Å². The number of piperazine rings is 1. The zero-order valence-electron chi connectivity index (χ0n) is 11.6. The lowest BCUT2D eigenvalue weighted by molar-refractivity contribution is -0.151. The van der Waals surface area contributed by atoms with Gasteiger partial charge in [0.05, 0.1) is 12.5 Å². The van der Waals surface area contributed by atoms with Gasteiger partial charge in [0.15, 0.2) is 0 Å². The number of likely N-dealkylation sites (N-methyl/N-ethyl adjacent to an activating group) is 1. The summed E-state index contributed by atoms with van der Waals surface area (Å²) < 4.78 is 0. The minimum atomic E-state index is -0.264. The molecule has 0 aromatic carbocycles.